The predicted octanol–water partition coefficient (Wildman–Crippen LogP) is 2.97. The van der Waals surface area contributed by atoms with Gasteiger partial charge in [0.1, 0.15) is 0 Å². The van der Waals surface area contributed by atoms with E-state index in [9.17, 15) is 0 Å². The van der Waals surface area contributed by atoms with Crippen molar-refractivity contribution >= 4 is 11.6 Å². The number of nitrogens with zero attached hydrogens (tertiary/aromatic N) is 4. The zero-order valence-corrected chi connectivity index (χ0v) is 12.9. The Morgan fingerprint density at radius 3 is 2.83 bits per heavy atom. The average Bonchev–Trinajstić information content (AvgIpc) is 3.24. The fourth-order valence-electron chi connectivity index (χ4n) is 3.14. The van der Waals surface area contributed by atoms with Crippen LogP contribution in [0.4, 0.5) is 6.01 Å². The van der Waals surface area contributed by atoms with Crippen LogP contribution in [0.25, 0.3) is 17.0 Å². The highest BCUT2D eigenvalue weighted by Gasteiger charge is 2.26. The number of rotatable bonds is 3. The number of aromatic nitrogens is 4. The lowest BCUT2D eigenvalue weighted by atomic mass is 10.0. The van der Waals surface area contributed by atoms with E-state index in [1.165, 1.54) is 18.4 Å². The number of hydrogen-bond donors (Lipinski definition) is 1. The minimum atomic E-state index is 0.0734. The smallest absolute Gasteiger partial charge is 0.313 e. The Labute approximate surface area is 138 Å². The van der Waals surface area contributed by atoms with E-state index in [1.807, 2.05) is 18.5 Å². The number of nitrogens with two attached hydrogens (primary N) is 1. The van der Waals surface area contributed by atoms with Gasteiger partial charge in [0, 0.05) is 23.3 Å². The van der Waals surface area contributed by atoms with E-state index in [4.69, 9.17) is 15.1 Å². The maximum Gasteiger partial charge on any atom is 0.313 e. The lowest BCUT2D eigenvalue weighted by molar-refractivity contribution is 0.590. The minimum absolute atomic E-state index is 0.0734. The highest BCUT2D eigenvalue weighted by molar-refractivity contribution is 5.84. The third kappa shape index (κ3) is 2.19. The summed E-state index contributed by atoms with van der Waals surface area (Å²) < 4.78 is 5.34. The quantitative estimate of drug-likeness (QED) is 0.798. The summed E-state index contributed by atoms with van der Waals surface area (Å²) in [5.41, 5.74) is 11.9. The van der Waals surface area contributed by atoms with Crippen molar-refractivity contribution in [2.75, 3.05) is 5.73 Å². The first-order valence-electron chi connectivity index (χ1n) is 8.03. The zero-order valence-electron chi connectivity index (χ0n) is 12.9. The third-order valence-corrected chi connectivity index (χ3v) is 4.54. The maximum atomic E-state index is 5.53. The average molecular weight is 317 g/mol. The molecule has 118 valence electrons. The molecule has 6 nitrogen and oxygen atoms in total. The van der Waals surface area contributed by atoms with E-state index in [2.05, 4.69) is 33.4 Å². The molecule has 2 N–H and O–H groups in total. The number of fused-ring (bicyclic) bond motifs is 1. The van der Waals surface area contributed by atoms with Crippen LogP contribution in [-0.4, -0.2) is 20.2 Å². The third-order valence-electron chi connectivity index (χ3n) is 4.54. The van der Waals surface area contributed by atoms with E-state index in [0.717, 1.165) is 34.5 Å². The normalized spacial score (nSPS) is 16.1. The highest BCUT2D eigenvalue weighted by Crippen LogP contribution is 2.40. The number of hydrogen-bond acceptors (Lipinski definition) is 6. The van der Waals surface area contributed by atoms with Gasteiger partial charge in [0.15, 0.2) is 0 Å². The minimum Gasteiger partial charge on any atom is -0.404 e. The Kier molecular flexibility index (Phi) is 2.79. The molecule has 1 aromatic carbocycles. The van der Waals surface area contributed by atoms with Gasteiger partial charge < -0.3 is 10.2 Å². The van der Waals surface area contributed by atoms with Crippen molar-refractivity contribution in [1.82, 2.24) is 20.2 Å². The van der Waals surface area contributed by atoms with Crippen LogP contribution >= 0.6 is 0 Å². The Morgan fingerprint density at radius 2 is 2.04 bits per heavy atom. The van der Waals surface area contributed by atoms with Gasteiger partial charge in [0.25, 0.3) is 0 Å². The first-order valence-corrected chi connectivity index (χ1v) is 8.03. The molecule has 3 aromatic rings. The molecule has 1 saturated carbocycles. The molecule has 2 aliphatic carbocycles. The molecule has 0 amide bonds. The molecule has 2 heterocycles. The molecule has 6 heteroatoms. The van der Waals surface area contributed by atoms with Gasteiger partial charge in [-0.25, -0.2) is 4.98 Å². The van der Waals surface area contributed by atoms with Crippen LogP contribution in [-0.2, 0) is 6.42 Å². The first-order chi connectivity index (χ1) is 11.8. The van der Waals surface area contributed by atoms with E-state index < -0.39 is 0 Å². The number of allylic oxidation sites excluding steroid dienone is 1. The molecule has 0 unspecified atom stereocenters. The van der Waals surface area contributed by atoms with Crippen molar-refractivity contribution in [2.24, 2.45) is 0 Å². The molecular weight excluding hydrogens is 302 g/mol. The molecule has 0 radical (unpaired) electrons. The van der Waals surface area contributed by atoms with Crippen molar-refractivity contribution in [1.29, 1.82) is 0 Å². The molecule has 0 aliphatic heterocycles. The van der Waals surface area contributed by atoms with Crippen LogP contribution < -0.4 is 5.73 Å². The summed E-state index contributed by atoms with van der Waals surface area (Å²) in [5, 5.41) is 7.69. The molecule has 2 aliphatic rings. The fraction of sp³-hybridized carbons (Fsp3) is 0.222. The standard InChI is InChI=1S/C18H15N5O/c19-18-23-22-17(24-18)12-4-1-10-5-6-13(14(10)7-12)16-9-20-8-15(21-16)11-2-3-11/h1,4,6-9,11H,2-3,5H2,(H2,19,23). The van der Waals surface area contributed by atoms with Crippen LogP contribution in [0.15, 0.2) is 41.1 Å². The maximum absolute atomic E-state index is 5.53. The molecule has 0 bridgehead atoms. The largest absolute Gasteiger partial charge is 0.404 e. The summed E-state index contributed by atoms with van der Waals surface area (Å²) in [6, 6.07) is 6.21. The van der Waals surface area contributed by atoms with Crippen molar-refractivity contribution in [3.63, 3.8) is 0 Å². The van der Waals surface area contributed by atoms with E-state index >= 15 is 0 Å². The van der Waals surface area contributed by atoms with Crippen LogP contribution in [0.1, 0.15) is 41.3 Å². The van der Waals surface area contributed by atoms with Crippen molar-refractivity contribution < 1.29 is 4.42 Å². The van der Waals surface area contributed by atoms with E-state index in [0.29, 0.717) is 11.8 Å². The molecule has 0 saturated heterocycles. The summed E-state index contributed by atoms with van der Waals surface area (Å²) in [4.78, 5) is 9.21. The molecule has 1 fully saturated rings. The molecular formula is C18H15N5O. The van der Waals surface area contributed by atoms with Gasteiger partial charge in [-0.1, -0.05) is 17.2 Å². The van der Waals surface area contributed by atoms with Crippen molar-refractivity contribution in [3.05, 3.63) is 59.2 Å². The summed E-state index contributed by atoms with van der Waals surface area (Å²) in [6.07, 6.45) is 9.26. The summed E-state index contributed by atoms with van der Waals surface area (Å²) in [7, 11) is 0. The number of anilines is 1. The Balaban J connectivity index is 1.56. The van der Waals surface area contributed by atoms with Crippen LogP contribution in [0.2, 0.25) is 0 Å². The van der Waals surface area contributed by atoms with Crippen LogP contribution in [0.3, 0.4) is 0 Å². The monoisotopic (exact) mass is 317 g/mol. The second-order valence-electron chi connectivity index (χ2n) is 6.24. The Bertz CT molecular complexity index is 971. The Hall–Kier alpha value is -3.02. The van der Waals surface area contributed by atoms with E-state index in [-0.39, 0.29) is 6.01 Å². The predicted molar refractivity (Wildman–Crippen MR) is 88.9 cm³/mol. The molecule has 24 heavy (non-hydrogen) atoms. The molecule has 0 atom stereocenters. The second kappa shape index (κ2) is 4.99. The summed E-state index contributed by atoms with van der Waals surface area (Å²) in [6.45, 7) is 0. The lowest BCUT2D eigenvalue weighted by Gasteiger charge is -2.08. The van der Waals surface area contributed by atoms with Crippen molar-refractivity contribution in [3.8, 4) is 11.5 Å². The highest BCUT2D eigenvalue weighted by atomic mass is 16.4. The van der Waals surface area contributed by atoms with Gasteiger partial charge in [-0.2, -0.15) is 0 Å². The van der Waals surface area contributed by atoms with Gasteiger partial charge >= 0.3 is 6.01 Å². The number of benzene rings is 1. The molecule has 2 aromatic heterocycles. The fourth-order valence-corrected chi connectivity index (χ4v) is 3.14. The number of nitrogen functional groups attached to an aromatic ring is 1. The van der Waals surface area contributed by atoms with Crippen LogP contribution in [0.5, 0.6) is 0 Å². The van der Waals surface area contributed by atoms with E-state index in [1.54, 1.807) is 0 Å². The summed E-state index contributed by atoms with van der Waals surface area (Å²) >= 11 is 0. The second-order valence-corrected chi connectivity index (χ2v) is 6.24. The lowest BCUT2D eigenvalue weighted by Crippen LogP contribution is -1.96. The zero-order chi connectivity index (χ0) is 16.1. The summed E-state index contributed by atoms with van der Waals surface area (Å²) in [5.74, 6) is 1.02. The Morgan fingerprint density at radius 1 is 1.12 bits per heavy atom. The van der Waals surface area contributed by atoms with Gasteiger partial charge in [0.05, 0.1) is 17.6 Å². The van der Waals surface area contributed by atoms with Crippen molar-refractivity contribution in [2.45, 2.75) is 25.2 Å². The molecule has 0 spiro atoms. The SMILES string of the molecule is Nc1nnc(-c2ccc3c(c2)C(c2cncc(C4CC4)n2)=CC3)o1. The molecule has 5 rings (SSSR count). The van der Waals surface area contributed by atoms with Gasteiger partial charge in [-0.15, -0.1) is 5.10 Å². The van der Waals surface area contributed by atoms with Gasteiger partial charge in [0.2, 0.25) is 5.89 Å². The van der Waals surface area contributed by atoms with Gasteiger partial charge in [-0.3, -0.25) is 4.98 Å². The first kappa shape index (κ1) is 13.4. The topological polar surface area (TPSA) is 90.7 Å². The van der Waals surface area contributed by atoms with Crippen LogP contribution in [0, 0.1) is 0 Å². The van der Waals surface area contributed by atoms with Gasteiger partial charge in [-0.05, 0) is 42.5 Å².